The molecule has 0 atom stereocenters. The van der Waals surface area contributed by atoms with Crippen LogP contribution in [-0.4, -0.2) is 11.2 Å². The number of carbonyl (C=O) groups is 1. The van der Waals surface area contributed by atoms with Gasteiger partial charge in [0, 0.05) is 12.6 Å². The molecule has 0 saturated heterocycles. The van der Waals surface area contributed by atoms with Gasteiger partial charge in [-0.1, -0.05) is 35.5 Å². The summed E-state index contributed by atoms with van der Waals surface area (Å²) in [5.41, 5.74) is 1.76. The van der Waals surface area contributed by atoms with Crippen molar-refractivity contribution < 1.29 is 9.32 Å². The molecular formula is C12H13N3O2. The summed E-state index contributed by atoms with van der Waals surface area (Å²) >= 11 is 0. The van der Waals surface area contributed by atoms with Crippen molar-refractivity contribution in [1.82, 2.24) is 10.5 Å². The Balaban J connectivity index is 1.82. The van der Waals surface area contributed by atoms with Crippen LogP contribution in [0.1, 0.15) is 11.3 Å². The lowest BCUT2D eigenvalue weighted by Gasteiger charge is -2.04. The van der Waals surface area contributed by atoms with Crippen LogP contribution in [0.5, 0.6) is 0 Å². The highest BCUT2D eigenvalue weighted by molar-refractivity contribution is 5.87. The van der Waals surface area contributed by atoms with E-state index in [0.717, 1.165) is 11.3 Å². The molecule has 17 heavy (non-hydrogen) atoms. The van der Waals surface area contributed by atoms with E-state index in [0.29, 0.717) is 12.4 Å². The first-order valence-corrected chi connectivity index (χ1v) is 5.26. The maximum Gasteiger partial charge on any atom is 0.321 e. The molecule has 0 aliphatic rings. The number of carbonyl (C=O) groups excluding carboxylic acids is 1. The fourth-order valence-corrected chi connectivity index (χ4v) is 1.36. The largest absolute Gasteiger partial charge is 0.338 e. The van der Waals surface area contributed by atoms with E-state index in [1.165, 1.54) is 0 Å². The third-order valence-electron chi connectivity index (χ3n) is 2.16. The molecular weight excluding hydrogens is 218 g/mol. The zero-order valence-electron chi connectivity index (χ0n) is 9.43. The lowest BCUT2D eigenvalue weighted by Crippen LogP contribution is -2.27. The molecule has 0 fully saturated rings. The summed E-state index contributed by atoms with van der Waals surface area (Å²) in [4.78, 5) is 11.5. The Hall–Kier alpha value is -2.30. The summed E-state index contributed by atoms with van der Waals surface area (Å²) in [6, 6.07) is 11.0. The first kappa shape index (κ1) is 11.2. The van der Waals surface area contributed by atoms with E-state index in [1.807, 2.05) is 30.3 Å². The molecule has 0 aliphatic heterocycles. The zero-order chi connectivity index (χ0) is 12.1. The van der Waals surface area contributed by atoms with Crippen LogP contribution < -0.4 is 10.6 Å². The van der Waals surface area contributed by atoms with Crippen LogP contribution in [0.3, 0.4) is 0 Å². The number of aromatic nitrogens is 1. The highest BCUT2D eigenvalue weighted by atomic mass is 16.5. The lowest BCUT2D eigenvalue weighted by atomic mass is 10.2. The molecule has 5 heteroatoms. The second kappa shape index (κ2) is 5.16. The number of aryl methyl sites for hydroxylation is 1. The Kier molecular flexibility index (Phi) is 3.40. The van der Waals surface area contributed by atoms with Crippen molar-refractivity contribution in [2.75, 3.05) is 5.32 Å². The van der Waals surface area contributed by atoms with Gasteiger partial charge in [0.2, 0.25) is 5.88 Å². The molecule has 5 nitrogen and oxygen atoms in total. The molecule has 0 spiro atoms. The van der Waals surface area contributed by atoms with Crippen molar-refractivity contribution in [2.45, 2.75) is 13.5 Å². The number of amides is 2. The summed E-state index contributed by atoms with van der Waals surface area (Å²) < 4.78 is 4.87. The first-order chi connectivity index (χ1) is 8.24. The summed E-state index contributed by atoms with van der Waals surface area (Å²) in [6.07, 6.45) is 0. The number of nitrogens with zero attached hydrogens (tertiary/aromatic N) is 1. The Labute approximate surface area is 98.8 Å². The average molecular weight is 231 g/mol. The van der Waals surface area contributed by atoms with E-state index < -0.39 is 0 Å². The molecule has 0 aliphatic carbocycles. The Morgan fingerprint density at radius 1 is 1.35 bits per heavy atom. The summed E-state index contributed by atoms with van der Waals surface area (Å²) in [7, 11) is 0. The predicted molar refractivity (Wildman–Crippen MR) is 63.5 cm³/mol. The van der Waals surface area contributed by atoms with E-state index in [1.54, 1.807) is 13.0 Å². The van der Waals surface area contributed by atoms with Gasteiger partial charge in [-0.05, 0) is 12.5 Å². The van der Waals surface area contributed by atoms with Crippen LogP contribution in [0.25, 0.3) is 0 Å². The SMILES string of the molecule is Cc1cc(NC(=O)NCc2ccccc2)on1. The lowest BCUT2D eigenvalue weighted by molar-refractivity contribution is 0.251. The minimum atomic E-state index is -0.315. The second-order valence-corrected chi connectivity index (χ2v) is 3.63. The maximum absolute atomic E-state index is 11.5. The molecule has 0 radical (unpaired) electrons. The van der Waals surface area contributed by atoms with Crippen LogP contribution in [0.2, 0.25) is 0 Å². The number of nitrogens with one attached hydrogen (secondary N) is 2. The molecule has 2 N–H and O–H groups in total. The highest BCUT2D eigenvalue weighted by Gasteiger charge is 2.05. The number of urea groups is 1. The van der Waals surface area contributed by atoms with E-state index in [4.69, 9.17) is 4.52 Å². The number of rotatable bonds is 3. The number of benzene rings is 1. The van der Waals surface area contributed by atoms with E-state index in [9.17, 15) is 4.79 Å². The molecule has 2 rings (SSSR count). The molecule has 1 aromatic heterocycles. The van der Waals surface area contributed by atoms with E-state index in [-0.39, 0.29) is 6.03 Å². The van der Waals surface area contributed by atoms with Gasteiger partial charge in [0.25, 0.3) is 0 Å². The van der Waals surface area contributed by atoms with Gasteiger partial charge in [0.15, 0.2) is 0 Å². The fraction of sp³-hybridized carbons (Fsp3) is 0.167. The average Bonchev–Trinajstić information content (AvgIpc) is 2.73. The van der Waals surface area contributed by atoms with Gasteiger partial charge >= 0.3 is 6.03 Å². The highest BCUT2D eigenvalue weighted by Crippen LogP contribution is 2.07. The monoisotopic (exact) mass is 231 g/mol. The van der Waals surface area contributed by atoms with Crippen molar-refractivity contribution in [3.63, 3.8) is 0 Å². The number of anilines is 1. The van der Waals surface area contributed by atoms with Crippen molar-refractivity contribution in [3.8, 4) is 0 Å². The molecule has 0 bridgehead atoms. The first-order valence-electron chi connectivity index (χ1n) is 5.26. The third kappa shape index (κ3) is 3.34. The Bertz CT molecular complexity index is 493. The van der Waals surface area contributed by atoms with E-state index in [2.05, 4.69) is 15.8 Å². The van der Waals surface area contributed by atoms with Gasteiger partial charge in [-0.2, -0.15) is 0 Å². The molecule has 0 saturated carbocycles. The van der Waals surface area contributed by atoms with Gasteiger partial charge < -0.3 is 9.84 Å². The molecule has 88 valence electrons. The Morgan fingerprint density at radius 3 is 2.76 bits per heavy atom. The van der Waals surface area contributed by atoms with Crippen molar-refractivity contribution in [2.24, 2.45) is 0 Å². The van der Waals surface area contributed by atoms with Crippen LogP contribution in [0, 0.1) is 6.92 Å². The standard InChI is InChI=1S/C12H13N3O2/c1-9-7-11(17-15-9)14-12(16)13-8-10-5-3-2-4-6-10/h2-7H,8H2,1H3,(H2,13,14,16). The zero-order valence-corrected chi connectivity index (χ0v) is 9.43. The van der Waals surface area contributed by atoms with Gasteiger partial charge in [-0.15, -0.1) is 0 Å². The summed E-state index contributed by atoms with van der Waals surface area (Å²) in [5, 5.41) is 8.94. The molecule has 1 heterocycles. The van der Waals surface area contributed by atoms with Crippen molar-refractivity contribution in [3.05, 3.63) is 47.7 Å². The van der Waals surface area contributed by atoms with Gasteiger partial charge in [-0.25, -0.2) is 4.79 Å². The third-order valence-corrected chi connectivity index (χ3v) is 2.16. The number of hydrogen-bond donors (Lipinski definition) is 2. The normalized spacial score (nSPS) is 9.94. The fourth-order valence-electron chi connectivity index (χ4n) is 1.36. The van der Waals surface area contributed by atoms with Crippen LogP contribution in [0.15, 0.2) is 40.9 Å². The molecule has 2 aromatic rings. The van der Waals surface area contributed by atoms with Crippen LogP contribution >= 0.6 is 0 Å². The topological polar surface area (TPSA) is 67.2 Å². The quantitative estimate of drug-likeness (QED) is 0.851. The smallest absolute Gasteiger partial charge is 0.321 e. The number of hydrogen-bond acceptors (Lipinski definition) is 3. The minimum Gasteiger partial charge on any atom is -0.338 e. The van der Waals surface area contributed by atoms with Gasteiger partial charge in [-0.3, -0.25) is 5.32 Å². The predicted octanol–water partition coefficient (Wildman–Crippen LogP) is 2.30. The van der Waals surface area contributed by atoms with Crippen molar-refractivity contribution in [1.29, 1.82) is 0 Å². The summed E-state index contributed by atoms with van der Waals surface area (Å²) in [5.74, 6) is 0.341. The van der Waals surface area contributed by atoms with Crippen LogP contribution in [0.4, 0.5) is 10.7 Å². The molecule has 2 amide bonds. The maximum atomic E-state index is 11.5. The molecule has 0 unspecified atom stereocenters. The minimum absolute atomic E-state index is 0.315. The summed E-state index contributed by atoms with van der Waals surface area (Å²) in [6.45, 7) is 2.26. The van der Waals surface area contributed by atoms with E-state index >= 15 is 0 Å². The van der Waals surface area contributed by atoms with Crippen molar-refractivity contribution >= 4 is 11.9 Å². The second-order valence-electron chi connectivity index (χ2n) is 3.63. The van der Waals surface area contributed by atoms with Gasteiger partial charge in [0.05, 0.1) is 5.69 Å². The molecule has 1 aromatic carbocycles. The van der Waals surface area contributed by atoms with Crippen LogP contribution in [-0.2, 0) is 6.54 Å². The Morgan fingerprint density at radius 2 is 2.12 bits per heavy atom. The van der Waals surface area contributed by atoms with Gasteiger partial charge in [0.1, 0.15) is 0 Å².